The van der Waals surface area contributed by atoms with E-state index < -0.39 is 5.97 Å². The lowest BCUT2D eigenvalue weighted by Crippen LogP contribution is -2.27. The summed E-state index contributed by atoms with van der Waals surface area (Å²) in [4.78, 5) is 22.3. The van der Waals surface area contributed by atoms with Gasteiger partial charge < -0.3 is 9.84 Å². The van der Waals surface area contributed by atoms with Crippen LogP contribution in [0.1, 0.15) is 45.4 Å². The second kappa shape index (κ2) is 6.51. The largest absolute Gasteiger partial charge is 0.481 e. The molecular formula is C12H20O4. The number of aliphatic carboxylic acids is 1. The van der Waals surface area contributed by atoms with Gasteiger partial charge in [-0.15, -0.1) is 0 Å². The van der Waals surface area contributed by atoms with Crippen LogP contribution in [-0.2, 0) is 14.3 Å². The molecule has 0 heterocycles. The van der Waals surface area contributed by atoms with Crippen LogP contribution in [0.25, 0.3) is 0 Å². The summed E-state index contributed by atoms with van der Waals surface area (Å²) >= 11 is 0. The molecule has 1 aliphatic rings. The summed E-state index contributed by atoms with van der Waals surface area (Å²) in [5, 5.41) is 8.82. The molecule has 1 aliphatic carbocycles. The highest BCUT2D eigenvalue weighted by Crippen LogP contribution is 2.29. The molecule has 0 spiro atoms. The van der Waals surface area contributed by atoms with Crippen molar-refractivity contribution < 1.29 is 19.4 Å². The van der Waals surface area contributed by atoms with Crippen LogP contribution in [0.5, 0.6) is 0 Å². The number of carboxylic acid groups (broad SMARTS) is 1. The summed E-state index contributed by atoms with van der Waals surface area (Å²) in [5.74, 6) is -1.22. The van der Waals surface area contributed by atoms with Crippen molar-refractivity contribution in [2.45, 2.75) is 45.4 Å². The molecule has 0 aliphatic heterocycles. The summed E-state index contributed by atoms with van der Waals surface area (Å²) in [5.41, 5.74) is 0. The number of carbonyl (C=O) groups excluding carboxylic acids is 1. The van der Waals surface area contributed by atoms with E-state index in [1.54, 1.807) is 0 Å². The molecule has 0 unspecified atom stereocenters. The minimum atomic E-state index is -0.738. The Morgan fingerprint density at radius 2 is 1.75 bits per heavy atom. The lowest BCUT2D eigenvalue weighted by Gasteiger charge is -2.24. The number of ether oxygens (including phenoxy) is 1. The highest BCUT2D eigenvalue weighted by atomic mass is 16.5. The molecule has 92 valence electrons. The van der Waals surface area contributed by atoms with E-state index in [0.29, 0.717) is 32.3 Å². The molecular weight excluding hydrogens is 208 g/mol. The minimum absolute atomic E-state index is 0.0764. The van der Waals surface area contributed by atoms with E-state index >= 15 is 0 Å². The lowest BCUT2D eigenvalue weighted by molar-refractivity contribution is -0.152. The van der Waals surface area contributed by atoms with Crippen molar-refractivity contribution in [1.82, 2.24) is 0 Å². The average Bonchev–Trinajstić information content (AvgIpc) is 2.29. The monoisotopic (exact) mass is 228 g/mol. The van der Waals surface area contributed by atoms with Gasteiger partial charge in [-0.25, -0.2) is 0 Å². The van der Waals surface area contributed by atoms with Crippen LogP contribution < -0.4 is 0 Å². The first-order chi connectivity index (χ1) is 7.65. The molecule has 4 nitrogen and oxygen atoms in total. The van der Waals surface area contributed by atoms with Gasteiger partial charge in [0.25, 0.3) is 0 Å². The first-order valence-corrected chi connectivity index (χ1v) is 6.04. The zero-order chi connectivity index (χ0) is 12.0. The van der Waals surface area contributed by atoms with Gasteiger partial charge in [0.05, 0.1) is 18.4 Å². The van der Waals surface area contributed by atoms with E-state index in [1.807, 2.05) is 6.92 Å². The molecule has 0 bridgehead atoms. The quantitative estimate of drug-likeness (QED) is 0.579. The van der Waals surface area contributed by atoms with Crippen molar-refractivity contribution in [3.05, 3.63) is 0 Å². The third-order valence-electron chi connectivity index (χ3n) is 3.15. The second-order valence-corrected chi connectivity index (χ2v) is 4.41. The van der Waals surface area contributed by atoms with Crippen molar-refractivity contribution in [3.63, 3.8) is 0 Å². The molecule has 1 saturated carbocycles. The molecule has 1 fully saturated rings. The van der Waals surface area contributed by atoms with E-state index in [-0.39, 0.29) is 17.8 Å². The summed E-state index contributed by atoms with van der Waals surface area (Å²) in [6.07, 6.45) is 4.42. The molecule has 0 aromatic rings. The van der Waals surface area contributed by atoms with Crippen molar-refractivity contribution in [2.75, 3.05) is 6.61 Å². The summed E-state index contributed by atoms with van der Waals surface area (Å²) in [6.45, 7) is 2.54. The van der Waals surface area contributed by atoms with Gasteiger partial charge in [-0.3, -0.25) is 9.59 Å². The van der Waals surface area contributed by atoms with E-state index in [0.717, 1.165) is 12.8 Å². The molecule has 0 aromatic heterocycles. The Balaban J connectivity index is 2.25. The van der Waals surface area contributed by atoms with Gasteiger partial charge in [0, 0.05) is 0 Å². The first kappa shape index (κ1) is 13.0. The Hall–Kier alpha value is -1.06. The smallest absolute Gasteiger partial charge is 0.308 e. The number of hydrogen-bond donors (Lipinski definition) is 1. The number of carboxylic acids is 1. The molecule has 16 heavy (non-hydrogen) atoms. The number of unbranched alkanes of at least 4 members (excludes halogenated alkanes) is 1. The number of hydrogen-bond acceptors (Lipinski definition) is 3. The van der Waals surface area contributed by atoms with Crippen LogP contribution in [0.2, 0.25) is 0 Å². The second-order valence-electron chi connectivity index (χ2n) is 4.41. The summed E-state index contributed by atoms with van der Waals surface area (Å²) < 4.78 is 5.13. The van der Waals surface area contributed by atoms with Gasteiger partial charge in [-0.2, -0.15) is 0 Å². The fourth-order valence-corrected chi connectivity index (χ4v) is 2.01. The van der Waals surface area contributed by atoms with Crippen LogP contribution in [0.3, 0.4) is 0 Å². The molecule has 0 aromatic carbocycles. The molecule has 0 radical (unpaired) electrons. The van der Waals surface area contributed by atoms with Gasteiger partial charge in [-0.05, 0) is 32.1 Å². The van der Waals surface area contributed by atoms with Crippen LogP contribution in [0.4, 0.5) is 0 Å². The molecule has 1 rings (SSSR count). The van der Waals surface area contributed by atoms with E-state index in [2.05, 4.69) is 0 Å². The topological polar surface area (TPSA) is 63.6 Å². The fourth-order valence-electron chi connectivity index (χ4n) is 2.01. The summed E-state index contributed by atoms with van der Waals surface area (Å²) in [7, 11) is 0. The average molecular weight is 228 g/mol. The van der Waals surface area contributed by atoms with E-state index in [1.165, 1.54) is 0 Å². The number of esters is 1. The van der Waals surface area contributed by atoms with Crippen molar-refractivity contribution in [3.8, 4) is 0 Å². The number of rotatable bonds is 5. The lowest BCUT2D eigenvalue weighted by atomic mass is 9.82. The van der Waals surface area contributed by atoms with Crippen LogP contribution in [0.15, 0.2) is 0 Å². The predicted octanol–water partition coefficient (Wildman–Crippen LogP) is 2.22. The molecule has 0 amide bonds. The van der Waals surface area contributed by atoms with Gasteiger partial charge in [0.2, 0.25) is 0 Å². The van der Waals surface area contributed by atoms with E-state index in [4.69, 9.17) is 9.84 Å². The van der Waals surface area contributed by atoms with Crippen LogP contribution >= 0.6 is 0 Å². The molecule has 0 saturated heterocycles. The zero-order valence-electron chi connectivity index (χ0n) is 9.78. The fraction of sp³-hybridized carbons (Fsp3) is 0.833. The maximum Gasteiger partial charge on any atom is 0.308 e. The maximum atomic E-state index is 11.6. The third-order valence-corrected chi connectivity index (χ3v) is 3.15. The predicted molar refractivity (Wildman–Crippen MR) is 59.0 cm³/mol. The van der Waals surface area contributed by atoms with Crippen molar-refractivity contribution >= 4 is 11.9 Å². The zero-order valence-corrected chi connectivity index (χ0v) is 9.78. The highest BCUT2D eigenvalue weighted by molar-refractivity contribution is 5.74. The normalized spacial score (nSPS) is 25.1. The molecule has 4 heteroatoms. The standard InChI is InChI=1S/C12H20O4/c1-2-3-8-16-12(15)10-6-4-9(5-7-10)11(13)14/h9-10H,2-8H2,1H3,(H,13,14). The van der Waals surface area contributed by atoms with E-state index in [9.17, 15) is 9.59 Å². The Bertz CT molecular complexity index is 241. The maximum absolute atomic E-state index is 11.6. The Labute approximate surface area is 96.0 Å². The van der Waals surface area contributed by atoms with Crippen molar-refractivity contribution in [2.24, 2.45) is 11.8 Å². The van der Waals surface area contributed by atoms with Gasteiger partial charge >= 0.3 is 11.9 Å². The minimum Gasteiger partial charge on any atom is -0.481 e. The highest BCUT2D eigenvalue weighted by Gasteiger charge is 2.30. The van der Waals surface area contributed by atoms with Gasteiger partial charge in [0.1, 0.15) is 0 Å². The summed E-state index contributed by atoms with van der Waals surface area (Å²) in [6, 6.07) is 0. The Morgan fingerprint density at radius 1 is 1.19 bits per heavy atom. The third kappa shape index (κ3) is 3.83. The Kier molecular flexibility index (Phi) is 5.29. The SMILES string of the molecule is CCCCOC(=O)C1CCC(C(=O)O)CC1. The van der Waals surface area contributed by atoms with Crippen LogP contribution in [-0.4, -0.2) is 23.7 Å². The molecule has 1 N–H and O–H groups in total. The van der Waals surface area contributed by atoms with Gasteiger partial charge in [-0.1, -0.05) is 13.3 Å². The van der Waals surface area contributed by atoms with Gasteiger partial charge in [0.15, 0.2) is 0 Å². The first-order valence-electron chi connectivity index (χ1n) is 6.04. The number of carbonyl (C=O) groups is 2. The van der Waals surface area contributed by atoms with Crippen LogP contribution in [0, 0.1) is 11.8 Å². The molecule has 0 atom stereocenters. The Morgan fingerprint density at radius 3 is 2.25 bits per heavy atom. The van der Waals surface area contributed by atoms with Crippen molar-refractivity contribution in [1.29, 1.82) is 0 Å².